The molecular weight excluding hydrogens is 546 g/mol. The summed E-state index contributed by atoms with van der Waals surface area (Å²) in [6.45, 7) is 3.65. The van der Waals surface area contributed by atoms with E-state index in [1.54, 1.807) is 42.5 Å². The summed E-state index contributed by atoms with van der Waals surface area (Å²) >= 11 is 6.65. The Labute approximate surface area is 202 Å². The number of phenols is 1. The second-order valence-corrected chi connectivity index (χ2v) is 9.47. The number of rotatable bonds is 8. The van der Waals surface area contributed by atoms with Crippen molar-refractivity contribution in [1.82, 2.24) is 5.32 Å². The maximum absolute atomic E-state index is 12.6. The van der Waals surface area contributed by atoms with Crippen LogP contribution in [0.2, 0.25) is 0 Å². The number of carboxylic acid groups (broad SMARTS) is 1. The molecule has 2 rings (SSSR count). The van der Waals surface area contributed by atoms with Crippen molar-refractivity contribution in [1.29, 1.82) is 0 Å². The summed E-state index contributed by atoms with van der Waals surface area (Å²) < 4.78 is 6.70. The van der Waals surface area contributed by atoms with E-state index in [9.17, 15) is 19.5 Å². The number of nitrogens with one attached hydrogen (secondary N) is 1. The largest absolute Gasteiger partial charge is 0.506 e. The van der Waals surface area contributed by atoms with E-state index in [-0.39, 0.29) is 5.75 Å². The Bertz CT molecular complexity index is 1020. The first kappa shape index (κ1) is 25.6. The maximum Gasteiger partial charge on any atom is 0.414 e. The number of alkyl carbamates (subject to hydrolysis) is 1. The van der Waals surface area contributed by atoms with Gasteiger partial charge in [0.2, 0.25) is 0 Å². The molecule has 2 aromatic carbocycles. The van der Waals surface area contributed by atoms with Gasteiger partial charge in [-0.1, -0.05) is 54.1 Å². The topological polar surface area (TPSA) is 113 Å². The van der Waals surface area contributed by atoms with Gasteiger partial charge in [-0.3, -0.25) is 10.1 Å². The standard InChI is InChI=1S/C23H23Br2NO6/c1-23(2,11-7-6-10-18(27)28)20(16-12-15(24)13-17(25)19(16)29)32-22(31)26-21(30)14-8-4-3-5-9-14/h3-6,8-10,12-13,20,29H,7,11H2,1-2H3,(H,27,28)(H,26,30,31)/b10-6+/t20-/m0/s1. The van der Waals surface area contributed by atoms with Crippen LogP contribution in [-0.4, -0.2) is 28.2 Å². The monoisotopic (exact) mass is 567 g/mol. The summed E-state index contributed by atoms with van der Waals surface area (Å²) in [6.07, 6.45) is 1.48. The molecule has 0 spiro atoms. The van der Waals surface area contributed by atoms with E-state index >= 15 is 0 Å². The lowest BCUT2D eigenvalue weighted by molar-refractivity contribution is -0.131. The average Bonchev–Trinajstić information content (AvgIpc) is 2.72. The van der Waals surface area contributed by atoms with Crippen LogP contribution in [0.1, 0.15) is 48.7 Å². The number of aliphatic carboxylic acids is 1. The Hall–Kier alpha value is -2.65. The lowest BCUT2D eigenvalue weighted by atomic mass is 9.78. The van der Waals surface area contributed by atoms with Gasteiger partial charge in [-0.05, 0) is 53.0 Å². The van der Waals surface area contributed by atoms with E-state index in [4.69, 9.17) is 9.84 Å². The molecule has 9 heteroatoms. The second-order valence-electron chi connectivity index (χ2n) is 7.70. The number of imide groups is 1. The zero-order chi connectivity index (χ0) is 23.9. The number of benzene rings is 2. The molecule has 32 heavy (non-hydrogen) atoms. The van der Waals surface area contributed by atoms with E-state index in [0.717, 1.165) is 6.08 Å². The molecule has 3 N–H and O–H groups in total. The van der Waals surface area contributed by atoms with Crippen molar-refractivity contribution in [3.63, 3.8) is 0 Å². The lowest BCUT2D eigenvalue weighted by Gasteiger charge is -2.34. The van der Waals surface area contributed by atoms with E-state index in [1.165, 1.54) is 6.08 Å². The molecule has 0 bridgehead atoms. The molecule has 0 saturated heterocycles. The molecule has 0 saturated carbocycles. The third-order valence-electron chi connectivity index (χ3n) is 4.74. The molecule has 0 unspecified atom stereocenters. The molecule has 0 fully saturated rings. The molecule has 0 aromatic heterocycles. The molecule has 170 valence electrons. The summed E-state index contributed by atoms with van der Waals surface area (Å²) in [5, 5.41) is 21.6. The molecule has 2 aromatic rings. The minimum atomic E-state index is -1.05. The molecule has 7 nitrogen and oxygen atoms in total. The Kier molecular flexibility index (Phi) is 9.03. The third-order valence-corrected chi connectivity index (χ3v) is 5.80. The van der Waals surface area contributed by atoms with Crippen molar-refractivity contribution in [3.8, 4) is 5.75 Å². The van der Waals surface area contributed by atoms with E-state index < -0.39 is 29.5 Å². The van der Waals surface area contributed by atoms with Crippen molar-refractivity contribution in [2.24, 2.45) is 5.41 Å². The maximum atomic E-state index is 12.6. The van der Waals surface area contributed by atoms with Gasteiger partial charge in [-0.15, -0.1) is 0 Å². The van der Waals surface area contributed by atoms with Gasteiger partial charge in [-0.2, -0.15) is 0 Å². The fourth-order valence-electron chi connectivity index (χ4n) is 3.09. The van der Waals surface area contributed by atoms with Gasteiger partial charge in [0.15, 0.2) is 0 Å². The number of carbonyl (C=O) groups is 3. The number of hydrogen-bond acceptors (Lipinski definition) is 5. The van der Waals surface area contributed by atoms with E-state index in [1.807, 2.05) is 13.8 Å². The highest BCUT2D eigenvalue weighted by Gasteiger charge is 2.36. The molecule has 1 atom stereocenters. The van der Waals surface area contributed by atoms with Crippen LogP contribution in [0.15, 0.2) is 63.6 Å². The summed E-state index contributed by atoms with van der Waals surface area (Å²) in [4.78, 5) is 35.7. The number of phenolic OH excluding ortho intramolecular Hbond substituents is 1. The van der Waals surface area contributed by atoms with E-state index in [2.05, 4.69) is 37.2 Å². The van der Waals surface area contributed by atoms with E-state index in [0.29, 0.717) is 32.9 Å². The molecule has 0 radical (unpaired) electrons. The summed E-state index contributed by atoms with van der Waals surface area (Å²) in [5.41, 5.74) is -0.0962. The Balaban J connectivity index is 2.30. The Morgan fingerprint density at radius 1 is 1.16 bits per heavy atom. The summed E-state index contributed by atoms with van der Waals surface area (Å²) in [6, 6.07) is 11.5. The van der Waals surface area contributed by atoms with Gasteiger partial charge in [0, 0.05) is 27.1 Å². The summed E-state index contributed by atoms with van der Waals surface area (Å²) in [5.74, 6) is -1.77. The lowest BCUT2D eigenvalue weighted by Crippen LogP contribution is -2.35. The average molecular weight is 569 g/mol. The van der Waals surface area contributed by atoms with Crippen LogP contribution in [0.4, 0.5) is 4.79 Å². The molecular formula is C23H23Br2NO6. The minimum Gasteiger partial charge on any atom is -0.506 e. The highest BCUT2D eigenvalue weighted by Crippen LogP contribution is 2.46. The highest BCUT2D eigenvalue weighted by atomic mass is 79.9. The van der Waals surface area contributed by atoms with Gasteiger partial charge >= 0.3 is 12.1 Å². The first-order valence-corrected chi connectivity index (χ1v) is 11.2. The summed E-state index contributed by atoms with van der Waals surface area (Å²) in [7, 11) is 0. The molecule has 0 aliphatic carbocycles. The molecule has 2 amide bonds. The highest BCUT2D eigenvalue weighted by molar-refractivity contribution is 9.11. The minimum absolute atomic E-state index is 0.102. The van der Waals surface area contributed by atoms with Crippen molar-refractivity contribution < 1.29 is 29.3 Å². The third kappa shape index (κ3) is 7.20. The molecule has 0 aliphatic heterocycles. The number of ether oxygens (including phenoxy) is 1. The van der Waals surface area contributed by atoms with Crippen molar-refractivity contribution in [2.45, 2.75) is 32.8 Å². The number of allylic oxidation sites excluding steroid dienone is 1. The normalized spacial score (nSPS) is 12.4. The predicted octanol–water partition coefficient (Wildman–Crippen LogP) is 5.97. The van der Waals surface area contributed by atoms with Gasteiger partial charge in [0.05, 0.1) is 4.47 Å². The molecule has 0 heterocycles. The van der Waals surface area contributed by atoms with Crippen molar-refractivity contribution >= 4 is 49.8 Å². The predicted molar refractivity (Wildman–Crippen MR) is 126 cm³/mol. The number of amides is 2. The first-order valence-electron chi connectivity index (χ1n) is 9.65. The quantitative estimate of drug-likeness (QED) is 0.338. The fraction of sp³-hybridized carbons (Fsp3) is 0.261. The van der Waals surface area contributed by atoms with Crippen LogP contribution in [-0.2, 0) is 9.53 Å². The Morgan fingerprint density at radius 3 is 2.44 bits per heavy atom. The van der Waals surface area contributed by atoms with Crippen LogP contribution in [0.5, 0.6) is 5.75 Å². The molecule has 0 aliphatic rings. The zero-order valence-electron chi connectivity index (χ0n) is 17.5. The first-order chi connectivity index (χ1) is 15.0. The number of carboxylic acids is 1. The zero-order valence-corrected chi connectivity index (χ0v) is 20.6. The van der Waals surface area contributed by atoms with Gasteiger partial charge in [0.25, 0.3) is 5.91 Å². The van der Waals surface area contributed by atoms with Crippen LogP contribution in [0, 0.1) is 5.41 Å². The van der Waals surface area contributed by atoms with Gasteiger partial charge in [0.1, 0.15) is 11.9 Å². The smallest absolute Gasteiger partial charge is 0.414 e. The number of carbonyl (C=O) groups excluding carboxylic acids is 2. The van der Waals surface area contributed by atoms with Crippen molar-refractivity contribution in [2.75, 3.05) is 0 Å². The van der Waals surface area contributed by atoms with Crippen LogP contribution in [0.25, 0.3) is 0 Å². The van der Waals surface area contributed by atoms with Gasteiger partial charge in [-0.25, -0.2) is 9.59 Å². The number of halogens is 2. The number of aromatic hydroxyl groups is 1. The second kappa shape index (κ2) is 11.3. The van der Waals surface area contributed by atoms with Gasteiger partial charge < -0.3 is 14.9 Å². The number of hydrogen-bond donors (Lipinski definition) is 3. The fourth-order valence-corrected chi connectivity index (χ4v) is 4.35. The van der Waals surface area contributed by atoms with Crippen LogP contribution >= 0.6 is 31.9 Å². The van der Waals surface area contributed by atoms with Crippen LogP contribution < -0.4 is 5.32 Å². The Morgan fingerprint density at radius 2 is 1.81 bits per heavy atom. The van der Waals surface area contributed by atoms with Crippen molar-refractivity contribution in [3.05, 3.63) is 74.7 Å². The van der Waals surface area contributed by atoms with Crippen LogP contribution in [0.3, 0.4) is 0 Å². The SMILES string of the molecule is CC(C)(CC/C=C/C(=O)O)[C@@H](OC(=O)NC(=O)c1ccccc1)c1cc(Br)cc(Br)c1O.